The van der Waals surface area contributed by atoms with Gasteiger partial charge in [0.05, 0.1) is 22.6 Å². The van der Waals surface area contributed by atoms with Gasteiger partial charge in [0.1, 0.15) is 4.83 Å². The van der Waals surface area contributed by atoms with E-state index in [9.17, 15) is 18.0 Å². The molecule has 10 heteroatoms. The minimum absolute atomic E-state index is 0.0587. The van der Waals surface area contributed by atoms with E-state index in [1.165, 1.54) is 23.1 Å². The number of fused-ring (bicyclic) bond motifs is 1. The van der Waals surface area contributed by atoms with Crippen molar-refractivity contribution in [2.24, 2.45) is 5.92 Å². The fraction of sp³-hybridized carbons (Fsp3) is 0.696. The number of aromatic nitrogens is 2. The van der Waals surface area contributed by atoms with Gasteiger partial charge in [0.2, 0.25) is 5.91 Å². The van der Waals surface area contributed by atoms with Crippen molar-refractivity contribution >= 4 is 49.1 Å². The van der Waals surface area contributed by atoms with Crippen LogP contribution in [0, 0.1) is 12.8 Å². The standard InChI is InChI=1S/C23H33N3O4S3/c1-4-14(2)11-18-15(3)32-22-20(18)21(28)24-23(25-22)31-12-19(27)26(16-7-5-6-8-16)17-9-10-33(29,30)13-17/h14,16-17H,4-13H2,1-3H3,(H,24,25,28)/t14-,17-/m1/s1. The van der Waals surface area contributed by atoms with Crippen LogP contribution in [-0.4, -0.2) is 58.5 Å². The topological polar surface area (TPSA) is 100 Å². The molecule has 4 rings (SSSR count). The van der Waals surface area contributed by atoms with Gasteiger partial charge in [0.25, 0.3) is 5.56 Å². The monoisotopic (exact) mass is 511 g/mol. The number of rotatable bonds is 8. The second-order valence-electron chi connectivity index (χ2n) is 9.49. The molecular weight excluding hydrogens is 478 g/mol. The van der Waals surface area contributed by atoms with Gasteiger partial charge < -0.3 is 9.88 Å². The molecule has 1 saturated carbocycles. The average molecular weight is 512 g/mol. The minimum Gasteiger partial charge on any atom is -0.335 e. The van der Waals surface area contributed by atoms with E-state index >= 15 is 0 Å². The quantitative estimate of drug-likeness (QED) is 0.426. The van der Waals surface area contributed by atoms with Crippen LogP contribution >= 0.6 is 23.1 Å². The zero-order chi connectivity index (χ0) is 23.8. The zero-order valence-corrected chi connectivity index (χ0v) is 22.0. The SMILES string of the molecule is CC[C@@H](C)Cc1c(C)sc2nc(SCC(=O)N(C3CCCC3)[C@@H]3CCS(=O)(=O)C3)[nH]c(=O)c12. The van der Waals surface area contributed by atoms with Gasteiger partial charge in [-0.15, -0.1) is 11.3 Å². The van der Waals surface area contributed by atoms with Gasteiger partial charge in [-0.2, -0.15) is 0 Å². The molecule has 2 fully saturated rings. The molecule has 182 valence electrons. The summed E-state index contributed by atoms with van der Waals surface area (Å²) in [6.07, 6.45) is 6.44. The molecule has 1 aliphatic heterocycles. The van der Waals surface area contributed by atoms with Gasteiger partial charge in [-0.25, -0.2) is 13.4 Å². The summed E-state index contributed by atoms with van der Waals surface area (Å²) < 4.78 is 24.1. The van der Waals surface area contributed by atoms with Crippen molar-refractivity contribution < 1.29 is 13.2 Å². The highest BCUT2D eigenvalue weighted by molar-refractivity contribution is 7.99. The maximum atomic E-state index is 13.3. The molecule has 0 bridgehead atoms. The summed E-state index contributed by atoms with van der Waals surface area (Å²) in [5.74, 6) is 0.800. The van der Waals surface area contributed by atoms with Crippen molar-refractivity contribution in [3.63, 3.8) is 0 Å². The van der Waals surface area contributed by atoms with E-state index in [1.54, 1.807) is 0 Å². The van der Waals surface area contributed by atoms with E-state index in [-0.39, 0.29) is 40.8 Å². The number of nitrogens with one attached hydrogen (secondary N) is 1. The van der Waals surface area contributed by atoms with Crippen molar-refractivity contribution in [2.75, 3.05) is 17.3 Å². The van der Waals surface area contributed by atoms with Crippen LogP contribution in [0.15, 0.2) is 9.95 Å². The average Bonchev–Trinajstić information content (AvgIpc) is 3.47. The molecule has 2 aromatic heterocycles. The molecule has 1 saturated heterocycles. The highest BCUT2D eigenvalue weighted by Gasteiger charge is 2.38. The Hall–Kier alpha value is -1.39. The first-order chi connectivity index (χ1) is 15.7. The normalized spacial score (nSPS) is 21.6. The second-order valence-corrected chi connectivity index (χ2v) is 13.9. The number of hydrogen-bond donors (Lipinski definition) is 1. The summed E-state index contributed by atoms with van der Waals surface area (Å²) in [4.78, 5) is 37.4. The molecule has 33 heavy (non-hydrogen) atoms. The summed E-state index contributed by atoms with van der Waals surface area (Å²) in [7, 11) is -3.07. The van der Waals surface area contributed by atoms with Crippen molar-refractivity contribution in [3.05, 3.63) is 20.8 Å². The van der Waals surface area contributed by atoms with Gasteiger partial charge in [0, 0.05) is 17.0 Å². The number of carbonyl (C=O) groups excluding carboxylic acids is 1. The number of nitrogens with zero attached hydrogens (tertiary/aromatic N) is 2. The fourth-order valence-electron chi connectivity index (χ4n) is 5.05. The molecule has 0 spiro atoms. The fourth-order valence-corrected chi connectivity index (χ4v) is 8.60. The van der Waals surface area contributed by atoms with Gasteiger partial charge in [-0.05, 0) is 44.1 Å². The second kappa shape index (κ2) is 10.1. The Morgan fingerprint density at radius 2 is 2.00 bits per heavy atom. The lowest BCUT2D eigenvalue weighted by Gasteiger charge is -2.34. The summed E-state index contributed by atoms with van der Waals surface area (Å²) in [5, 5.41) is 1.12. The predicted molar refractivity (Wildman–Crippen MR) is 135 cm³/mol. The first-order valence-electron chi connectivity index (χ1n) is 11.8. The lowest BCUT2D eigenvalue weighted by Crippen LogP contribution is -2.47. The number of hydrogen-bond acceptors (Lipinski definition) is 7. The van der Waals surface area contributed by atoms with Crippen LogP contribution in [0.1, 0.15) is 62.8 Å². The Labute approximate surface area is 203 Å². The third-order valence-electron chi connectivity index (χ3n) is 7.03. The Morgan fingerprint density at radius 3 is 2.64 bits per heavy atom. The largest absolute Gasteiger partial charge is 0.335 e. The molecule has 3 heterocycles. The lowest BCUT2D eigenvalue weighted by atomic mass is 9.98. The number of carbonyl (C=O) groups is 1. The van der Waals surface area contributed by atoms with Crippen LogP contribution in [-0.2, 0) is 21.1 Å². The molecule has 7 nitrogen and oxygen atoms in total. The van der Waals surface area contributed by atoms with Crippen LogP contribution in [0.25, 0.3) is 10.2 Å². The van der Waals surface area contributed by atoms with Crippen molar-refractivity contribution in [1.82, 2.24) is 14.9 Å². The molecule has 1 aliphatic carbocycles. The Morgan fingerprint density at radius 1 is 1.27 bits per heavy atom. The molecule has 2 atom stereocenters. The number of amides is 1. The number of thioether (sulfide) groups is 1. The summed E-state index contributed by atoms with van der Waals surface area (Å²) in [6.45, 7) is 6.37. The molecule has 2 aliphatic rings. The molecule has 0 unspecified atom stereocenters. The number of H-pyrrole nitrogens is 1. The van der Waals surface area contributed by atoms with E-state index in [4.69, 9.17) is 0 Å². The molecule has 0 radical (unpaired) electrons. The predicted octanol–water partition coefficient (Wildman–Crippen LogP) is 3.93. The van der Waals surface area contributed by atoms with E-state index in [0.717, 1.165) is 53.8 Å². The molecule has 2 aromatic rings. The number of aromatic amines is 1. The Bertz CT molecular complexity index is 1180. The van der Waals surface area contributed by atoms with Crippen molar-refractivity contribution in [1.29, 1.82) is 0 Å². The first-order valence-corrected chi connectivity index (χ1v) is 15.5. The van der Waals surface area contributed by atoms with Crippen LogP contribution in [0.4, 0.5) is 0 Å². The summed E-state index contributed by atoms with van der Waals surface area (Å²) >= 11 is 2.77. The van der Waals surface area contributed by atoms with Crippen LogP contribution in [0.2, 0.25) is 0 Å². The van der Waals surface area contributed by atoms with E-state index in [2.05, 4.69) is 23.8 Å². The maximum absolute atomic E-state index is 13.3. The highest BCUT2D eigenvalue weighted by atomic mass is 32.2. The van der Waals surface area contributed by atoms with Crippen LogP contribution in [0.3, 0.4) is 0 Å². The van der Waals surface area contributed by atoms with Gasteiger partial charge in [-0.1, -0.05) is 44.9 Å². The van der Waals surface area contributed by atoms with Crippen LogP contribution < -0.4 is 5.56 Å². The number of sulfone groups is 1. The minimum atomic E-state index is -3.07. The third-order valence-corrected chi connectivity index (χ3v) is 10.7. The third kappa shape index (κ3) is 5.48. The maximum Gasteiger partial charge on any atom is 0.260 e. The number of thiophene rings is 1. The smallest absolute Gasteiger partial charge is 0.260 e. The first kappa shape index (κ1) is 24.7. The van der Waals surface area contributed by atoms with Crippen molar-refractivity contribution in [2.45, 2.75) is 83.0 Å². The van der Waals surface area contributed by atoms with Gasteiger partial charge in [-0.3, -0.25) is 9.59 Å². The Kier molecular flexibility index (Phi) is 7.55. The van der Waals surface area contributed by atoms with Crippen molar-refractivity contribution in [3.8, 4) is 0 Å². The van der Waals surface area contributed by atoms with E-state index < -0.39 is 9.84 Å². The lowest BCUT2D eigenvalue weighted by molar-refractivity contribution is -0.132. The zero-order valence-electron chi connectivity index (χ0n) is 19.6. The van der Waals surface area contributed by atoms with Crippen LogP contribution in [0.5, 0.6) is 0 Å². The van der Waals surface area contributed by atoms with Gasteiger partial charge >= 0.3 is 0 Å². The molecule has 0 aromatic carbocycles. The summed E-state index contributed by atoms with van der Waals surface area (Å²) in [5.41, 5.74) is 0.938. The highest BCUT2D eigenvalue weighted by Crippen LogP contribution is 2.32. The Balaban J connectivity index is 1.52. The van der Waals surface area contributed by atoms with E-state index in [0.29, 0.717) is 22.9 Å². The number of aryl methyl sites for hydroxylation is 1. The molecule has 1 N–H and O–H groups in total. The van der Waals surface area contributed by atoms with E-state index in [1.807, 2.05) is 11.8 Å². The van der Waals surface area contributed by atoms with Gasteiger partial charge in [0.15, 0.2) is 15.0 Å². The molecule has 1 amide bonds. The molecular formula is C23H33N3O4S3. The summed E-state index contributed by atoms with van der Waals surface area (Å²) in [6, 6.07) is -0.113.